The first-order valence-corrected chi connectivity index (χ1v) is 18.5. The summed E-state index contributed by atoms with van der Waals surface area (Å²) in [4.78, 5) is 61.1. The number of unbranched alkanes of at least 4 members (excludes halogenated alkanes) is 3. The Hall–Kier alpha value is -5.39. The van der Waals surface area contributed by atoms with Crippen LogP contribution in [0.3, 0.4) is 0 Å². The predicted molar refractivity (Wildman–Crippen MR) is 206 cm³/mol. The molecule has 2 aliphatic rings. The van der Waals surface area contributed by atoms with Crippen LogP contribution in [0.4, 0.5) is 4.79 Å². The molecule has 54 heavy (non-hydrogen) atoms. The summed E-state index contributed by atoms with van der Waals surface area (Å²) < 4.78 is 22.8. The molecular weight excluding hydrogens is 688 g/mol. The summed E-state index contributed by atoms with van der Waals surface area (Å²) in [6, 6.07) is 15.0. The van der Waals surface area contributed by atoms with Crippen molar-refractivity contribution in [3.63, 3.8) is 0 Å². The minimum absolute atomic E-state index is 0.0383. The average molecular weight is 741 g/mol. The summed E-state index contributed by atoms with van der Waals surface area (Å²) in [5.41, 5.74) is 0.139. The van der Waals surface area contributed by atoms with Crippen molar-refractivity contribution in [1.82, 2.24) is 20.5 Å². The number of amides is 3. The number of rotatable bonds is 16. The van der Waals surface area contributed by atoms with Gasteiger partial charge in [-0.05, 0) is 58.6 Å². The number of aromatic nitrogens is 1. The molecule has 1 saturated heterocycles. The molecule has 2 fully saturated rings. The maximum absolute atomic E-state index is 14.6. The quantitative estimate of drug-likeness (QED) is 0.0953. The Balaban J connectivity index is 1.48. The number of benzene rings is 2. The average Bonchev–Trinajstić information content (AvgIpc) is 3.71. The fourth-order valence-corrected chi connectivity index (χ4v) is 6.92. The van der Waals surface area contributed by atoms with Gasteiger partial charge in [-0.1, -0.05) is 55.3 Å². The Bertz CT molecular complexity index is 1860. The van der Waals surface area contributed by atoms with E-state index in [1.807, 2.05) is 60.7 Å². The third kappa shape index (κ3) is 9.39. The lowest BCUT2D eigenvalue weighted by molar-refractivity contribution is -0.148. The third-order valence-corrected chi connectivity index (χ3v) is 9.78. The number of hydrogen-bond donors (Lipinski definition) is 2. The molecule has 1 saturated carbocycles. The van der Waals surface area contributed by atoms with Gasteiger partial charge < -0.3 is 34.5 Å². The van der Waals surface area contributed by atoms with E-state index in [0.29, 0.717) is 42.0 Å². The maximum Gasteiger partial charge on any atom is 0.408 e. The van der Waals surface area contributed by atoms with Gasteiger partial charge in [-0.15, -0.1) is 13.2 Å². The molecule has 0 radical (unpaired) electrons. The van der Waals surface area contributed by atoms with Gasteiger partial charge in [0, 0.05) is 35.4 Å². The van der Waals surface area contributed by atoms with Crippen LogP contribution in [-0.4, -0.2) is 83.9 Å². The van der Waals surface area contributed by atoms with Crippen LogP contribution in [0, 0.1) is 5.92 Å². The van der Waals surface area contributed by atoms with Crippen LogP contribution in [0.1, 0.15) is 65.7 Å². The zero-order chi connectivity index (χ0) is 39.0. The van der Waals surface area contributed by atoms with Gasteiger partial charge in [0.05, 0.1) is 32.0 Å². The summed E-state index contributed by atoms with van der Waals surface area (Å²) in [5, 5.41) is 6.40. The van der Waals surface area contributed by atoms with Gasteiger partial charge in [-0.2, -0.15) is 0 Å². The SMILES string of the molecule is C=CCCCCC[C@H](NC(=O)OC(C)(C)C)C(=O)N1C[C@H](Oc2cc(-c3ccccc3)nc3cc(OC)ccc23)C[C@H]1C(=O)N[C@]1(C(=O)OC)C[C@H]1C=C. The first-order valence-electron chi connectivity index (χ1n) is 18.5. The molecule has 288 valence electrons. The highest BCUT2D eigenvalue weighted by Crippen LogP contribution is 2.45. The Morgan fingerprint density at radius 1 is 1.04 bits per heavy atom. The number of esters is 1. The maximum atomic E-state index is 14.6. The molecule has 2 N–H and O–H groups in total. The number of carbonyl (C=O) groups excluding carboxylic acids is 4. The minimum atomic E-state index is -1.27. The van der Waals surface area contributed by atoms with E-state index < -0.39 is 53.2 Å². The normalized spacial score (nSPS) is 21.1. The molecule has 0 bridgehead atoms. The zero-order valence-corrected chi connectivity index (χ0v) is 31.9. The Labute approximate surface area is 317 Å². The lowest BCUT2D eigenvalue weighted by Gasteiger charge is -2.30. The molecule has 1 aromatic heterocycles. The van der Waals surface area contributed by atoms with Crippen molar-refractivity contribution in [2.75, 3.05) is 20.8 Å². The number of nitrogens with one attached hydrogen (secondary N) is 2. The second-order valence-electron chi connectivity index (χ2n) is 14.9. The van der Waals surface area contributed by atoms with Gasteiger partial charge in [0.1, 0.15) is 40.8 Å². The van der Waals surface area contributed by atoms with Gasteiger partial charge in [0.2, 0.25) is 11.8 Å². The van der Waals surface area contributed by atoms with E-state index in [2.05, 4.69) is 23.8 Å². The van der Waals surface area contributed by atoms with Crippen LogP contribution in [0.5, 0.6) is 11.5 Å². The number of carbonyl (C=O) groups is 4. The van der Waals surface area contributed by atoms with Crippen LogP contribution in [0.2, 0.25) is 0 Å². The lowest BCUT2D eigenvalue weighted by Crippen LogP contribution is -2.56. The highest BCUT2D eigenvalue weighted by molar-refractivity contribution is 5.96. The smallest absolute Gasteiger partial charge is 0.408 e. The fraction of sp³-hybridized carbons (Fsp3) is 0.452. The fourth-order valence-electron chi connectivity index (χ4n) is 6.92. The Kier molecular flexibility index (Phi) is 12.7. The number of methoxy groups -OCH3 is 2. The van der Waals surface area contributed by atoms with Crippen molar-refractivity contribution in [3.05, 3.63) is 79.9 Å². The molecule has 3 aromatic rings. The van der Waals surface area contributed by atoms with E-state index in [0.717, 1.165) is 30.2 Å². The summed E-state index contributed by atoms with van der Waals surface area (Å²) in [5.74, 6) is -0.730. The molecule has 12 heteroatoms. The molecule has 1 aliphatic heterocycles. The van der Waals surface area contributed by atoms with Crippen LogP contribution in [-0.2, 0) is 23.9 Å². The molecule has 2 aromatic carbocycles. The van der Waals surface area contributed by atoms with Gasteiger partial charge in [-0.3, -0.25) is 9.59 Å². The molecule has 0 unspecified atom stereocenters. The zero-order valence-electron chi connectivity index (χ0n) is 31.9. The Morgan fingerprint density at radius 3 is 2.44 bits per heavy atom. The van der Waals surface area contributed by atoms with E-state index in [9.17, 15) is 19.2 Å². The number of fused-ring (bicyclic) bond motifs is 1. The molecule has 12 nitrogen and oxygen atoms in total. The first kappa shape index (κ1) is 39.8. The van der Waals surface area contributed by atoms with Crippen LogP contribution < -0.4 is 20.1 Å². The van der Waals surface area contributed by atoms with E-state index in [1.54, 1.807) is 34.0 Å². The molecule has 1 aliphatic carbocycles. The molecule has 5 atom stereocenters. The predicted octanol–water partition coefficient (Wildman–Crippen LogP) is 6.52. The summed E-state index contributed by atoms with van der Waals surface area (Å²) >= 11 is 0. The van der Waals surface area contributed by atoms with Crippen molar-refractivity contribution >= 4 is 34.8 Å². The summed E-state index contributed by atoms with van der Waals surface area (Å²) in [7, 11) is 2.86. The van der Waals surface area contributed by atoms with Gasteiger partial charge in [0.15, 0.2) is 0 Å². The third-order valence-electron chi connectivity index (χ3n) is 9.78. The number of ether oxygens (including phenoxy) is 4. The van der Waals surface area contributed by atoms with E-state index in [1.165, 1.54) is 12.0 Å². The highest BCUT2D eigenvalue weighted by atomic mass is 16.6. The topological polar surface area (TPSA) is 145 Å². The molecule has 0 spiro atoms. The van der Waals surface area contributed by atoms with E-state index in [-0.39, 0.29) is 18.9 Å². The van der Waals surface area contributed by atoms with Gasteiger partial charge in [0.25, 0.3) is 0 Å². The molecule has 5 rings (SSSR count). The van der Waals surface area contributed by atoms with Crippen molar-refractivity contribution in [3.8, 4) is 22.8 Å². The lowest BCUT2D eigenvalue weighted by atomic mass is 10.0. The molecule has 2 heterocycles. The van der Waals surface area contributed by atoms with E-state index in [4.69, 9.17) is 23.9 Å². The number of alkyl carbamates (subject to hydrolysis) is 1. The molecule has 3 amide bonds. The number of allylic oxidation sites excluding steroid dienone is 1. The van der Waals surface area contributed by atoms with Crippen molar-refractivity contribution < 1.29 is 38.1 Å². The summed E-state index contributed by atoms with van der Waals surface area (Å²) in [6.45, 7) is 12.9. The number of likely N-dealkylation sites (tertiary alicyclic amines) is 1. The van der Waals surface area contributed by atoms with Crippen LogP contribution in [0.25, 0.3) is 22.2 Å². The van der Waals surface area contributed by atoms with Crippen molar-refractivity contribution in [2.45, 2.75) is 95.0 Å². The van der Waals surface area contributed by atoms with Crippen LogP contribution >= 0.6 is 0 Å². The standard InChI is InChI=1S/C42H52N4O8/c1-8-10-11-12-16-19-32(44-40(50)54-41(3,4)5)38(48)46-26-30(23-35(46)37(47)45-42(39(49)52-7)25-28(42)9-2)53-36-24-33(27-17-14-13-15-18-27)43-34-22-29(51-6)20-21-31(34)36/h8-9,13-15,17-18,20-22,24,28,30,32,35H,1-2,10-12,16,19,23,25-26H2,3-7H3,(H,44,50)(H,45,47)/t28-,30-,32+,35+,42-/m1/s1. The van der Waals surface area contributed by atoms with Crippen molar-refractivity contribution in [2.24, 2.45) is 5.92 Å². The van der Waals surface area contributed by atoms with Crippen LogP contribution in [0.15, 0.2) is 79.9 Å². The van der Waals surface area contributed by atoms with Gasteiger partial charge >= 0.3 is 12.1 Å². The van der Waals surface area contributed by atoms with Gasteiger partial charge in [-0.25, -0.2) is 14.6 Å². The largest absolute Gasteiger partial charge is 0.497 e. The monoisotopic (exact) mass is 740 g/mol. The molecular formula is C42H52N4O8. The first-order chi connectivity index (χ1) is 25.8. The van der Waals surface area contributed by atoms with E-state index >= 15 is 0 Å². The second kappa shape index (κ2) is 17.2. The van der Waals surface area contributed by atoms with Crippen molar-refractivity contribution in [1.29, 1.82) is 0 Å². The number of nitrogens with zero attached hydrogens (tertiary/aromatic N) is 2. The highest BCUT2D eigenvalue weighted by Gasteiger charge is 2.62. The minimum Gasteiger partial charge on any atom is -0.497 e. The number of pyridine rings is 1. The Morgan fingerprint density at radius 2 is 1.80 bits per heavy atom. The summed E-state index contributed by atoms with van der Waals surface area (Å²) in [6.07, 6.45) is 6.04. The second-order valence-corrected chi connectivity index (χ2v) is 14.9. The number of hydrogen-bond acceptors (Lipinski definition) is 9.